The number of hydrogen-bond acceptors (Lipinski definition) is 11. The van der Waals surface area contributed by atoms with E-state index in [1.807, 2.05) is 0 Å². The van der Waals surface area contributed by atoms with Crippen molar-refractivity contribution in [3.05, 3.63) is 0 Å². The number of thiocarbonyl (C=S) groups is 2. The maximum absolute atomic E-state index is 13.0. The molecule has 1 heterocycles. The third-order valence-corrected chi connectivity index (χ3v) is 5.78. The lowest BCUT2D eigenvalue weighted by atomic mass is 9.64. The van der Waals surface area contributed by atoms with E-state index in [2.05, 4.69) is 0 Å². The summed E-state index contributed by atoms with van der Waals surface area (Å²) >= 11 is 11.1. The second kappa shape index (κ2) is 9.56. The number of hydrogen-bond donors (Lipinski definition) is 0. The molecule has 0 bridgehead atoms. The zero-order valence-corrected chi connectivity index (χ0v) is 17.8. The average molecular weight is 437 g/mol. The van der Waals surface area contributed by atoms with Crippen LogP contribution in [0.15, 0.2) is 0 Å². The Morgan fingerprint density at radius 3 is 1.07 bits per heavy atom. The van der Waals surface area contributed by atoms with Crippen LogP contribution in [0.3, 0.4) is 0 Å². The molecule has 0 saturated carbocycles. The fraction of sp³-hybridized carbons (Fsp3) is 0.625. The predicted octanol–water partition coefficient (Wildman–Crippen LogP) is 1.61. The van der Waals surface area contributed by atoms with Gasteiger partial charge >= 0.3 is 23.9 Å². The minimum Gasteiger partial charge on any atom is -0.465 e. The zero-order valence-electron chi connectivity index (χ0n) is 15.3. The summed E-state index contributed by atoms with van der Waals surface area (Å²) in [6, 6.07) is 0. The summed E-state index contributed by atoms with van der Waals surface area (Å²) in [5.41, 5.74) is -5.23. The van der Waals surface area contributed by atoms with Crippen LogP contribution in [-0.2, 0) is 38.1 Å². The van der Waals surface area contributed by atoms with Crippen LogP contribution in [0.5, 0.6) is 0 Å². The van der Waals surface area contributed by atoms with Crippen LogP contribution < -0.4 is 0 Å². The SMILES string of the molecule is CCOC(=O)C1(C(=O)OCC)C(=S)SC(=S)C1(C(=O)OCC)C(=O)OCC. The Kier molecular flexibility index (Phi) is 8.30. The predicted molar refractivity (Wildman–Crippen MR) is 104 cm³/mol. The summed E-state index contributed by atoms with van der Waals surface area (Å²) in [5, 5.41) is 0. The zero-order chi connectivity index (χ0) is 20.8. The summed E-state index contributed by atoms with van der Waals surface area (Å²) in [5.74, 6) is -4.88. The maximum atomic E-state index is 13.0. The van der Waals surface area contributed by atoms with Gasteiger partial charge in [-0.3, -0.25) is 19.2 Å². The van der Waals surface area contributed by atoms with E-state index >= 15 is 0 Å². The highest BCUT2D eigenvalue weighted by atomic mass is 32.2. The summed E-state index contributed by atoms with van der Waals surface area (Å²) in [6.45, 7) is 5.44. The lowest BCUT2D eigenvalue weighted by Gasteiger charge is -2.36. The highest BCUT2D eigenvalue weighted by molar-refractivity contribution is 8.39. The summed E-state index contributed by atoms with van der Waals surface area (Å²) in [4.78, 5) is 51.9. The monoisotopic (exact) mass is 436 g/mol. The van der Waals surface area contributed by atoms with Crippen LogP contribution in [0.2, 0.25) is 0 Å². The lowest BCUT2D eigenvalue weighted by Crippen LogP contribution is -2.64. The molecule has 27 heavy (non-hydrogen) atoms. The Morgan fingerprint density at radius 2 is 0.889 bits per heavy atom. The highest BCUT2D eigenvalue weighted by Gasteiger charge is 2.81. The second-order valence-corrected chi connectivity index (χ2v) is 7.41. The van der Waals surface area contributed by atoms with Crippen molar-refractivity contribution in [3.8, 4) is 0 Å². The van der Waals surface area contributed by atoms with Gasteiger partial charge in [-0.1, -0.05) is 36.2 Å². The third-order valence-electron chi connectivity index (χ3n) is 3.69. The molecule has 0 N–H and O–H groups in total. The fourth-order valence-electron chi connectivity index (χ4n) is 2.61. The van der Waals surface area contributed by atoms with Crippen molar-refractivity contribution in [3.63, 3.8) is 0 Å². The molecule has 0 unspecified atom stereocenters. The average Bonchev–Trinajstić information content (AvgIpc) is 2.84. The first kappa shape index (κ1) is 23.4. The highest BCUT2D eigenvalue weighted by Crippen LogP contribution is 2.57. The normalized spacial score (nSPS) is 17.2. The molecule has 1 rings (SSSR count). The number of rotatable bonds is 8. The van der Waals surface area contributed by atoms with Gasteiger partial charge in [0.2, 0.25) is 10.8 Å². The second-order valence-electron chi connectivity index (χ2n) is 5.06. The molecule has 0 radical (unpaired) electrons. The van der Waals surface area contributed by atoms with Gasteiger partial charge in [0.1, 0.15) is 0 Å². The van der Waals surface area contributed by atoms with Crippen LogP contribution in [0.4, 0.5) is 0 Å². The van der Waals surface area contributed by atoms with Crippen molar-refractivity contribution in [2.45, 2.75) is 27.7 Å². The number of carbonyl (C=O) groups is 4. The van der Waals surface area contributed by atoms with Gasteiger partial charge in [0.15, 0.2) is 0 Å². The molecule has 8 nitrogen and oxygen atoms in total. The number of ether oxygens (including phenoxy) is 4. The molecule has 0 atom stereocenters. The molecule has 0 amide bonds. The van der Waals surface area contributed by atoms with Crippen LogP contribution in [0.25, 0.3) is 0 Å². The molecule has 0 aromatic carbocycles. The first-order valence-corrected chi connectivity index (χ1v) is 9.82. The minimum absolute atomic E-state index is 0.137. The molecule has 0 aromatic rings. The van der Waals surface area contributed by atoms with Gasteiger partial charge in [-0.2, -0.15) is 0 Å². The van der Waals surface area contributed by atoms with Gasteiger partial charge in [0.05, 0.1) is 34.8 Å². The van der Waals surface area contributed by atoms with Crippen LogP contribution in [-0.4, -0.2) is 58.7 Å². The van der Waals surface area contributed by atoms with E-state index in [0.717, 1.165) is 0 Å². The number of carbonyl (C=O) groups excluding carboxylic acids is 4. The maximum Gasteiger partial charge on any atom is 0.331 e. The van der Waals surface area contributed by atoms with Gasteiger partial charge < -0.3 is 18.9 Å². The molecule has 1 aliphatic heterocycles. The fourth-order valence-corrected chi connectivity index (χ4v) is 5.03. The van der Waals surface area contributed by atoms with Crippen LogP contribution in [0.1, 0.15) is 27.7 Å². The van der Waals surface area contributed by atoms with E-state index in [-0.39, 0.29) is 34.8 Å². The molecule has 0 aliphatic carbocycles. The van der Waals surface area contributed by atoms with Gasteiger partial charge in [0.25, 0.3) is 0 Å². The molecular formula is C16H20O8S3. The largest absolute Gasteiger partial charge is 0.465 e. The molecule has 150 valence electrons. The van der Waals surface area contributed by atoms with E-state index in [1.165, 1.54) is 27.7 Å². The Labute approximate surface area is 171 Å². The smallest absolute Gasteiger partial charge is 0.331 e. The Hall–Kier alpha value is -1.59. The van der Waals surface area contributed by atoms with Crippen molar-refractivity contribution in [1.29, 1.82) is 0 Å². The first-order chi connectivity index (χ1) is 12.7. The molecule has 1 saturated heterocycles. The van der Waals surface area contributed by atoms with Crippen molar-refractivity contribution in [2.24, 2.45) is 10.8 Å². The van der Waals surface area contributed by atoms with Crippen molar-refractivity contribution >= 4 is 68.5 Å². The van der Waals surface area contributed by atoms with Crippen molar-refractivity contribution in [2.75, 3.05) is 26.4 Å². The van der Waals surface area contributed by atoms with E-state index < -0.39 is 34.7 Å². The Bertz CT molecular complexity index is 581. The Morgan fingerprint density at radius 1 is 0.667 bits per heavy atom. The quantitative estimate of drug-likeness (QED) is 0.240. The number of esters is 4. The van der Waals surface area contributed by atoms with Crippen LogP contribution >= 0.6 is 36.2 Å². The topological polar surface area (TPSA) is 105 Å². The van der Waals surface area contributed by atoms with Gasteiger partial charge in [-0.25, -0.2) is 0 Å². The molecule has 0 aromatic heterocycles. The molecule has 0 spiro atoms. The first-order valence-electron chi connectivity index (χ1n) is 8.18. The van der Waals surface area contributed by atoms with Crippen LogP contribution in [0, 0.1) is 10.8 Å². The molecular weight excluding hydrogens is 416 g/mol. The van der Waals surface area contributed by atoms with E-state index in [1.54, 1.807) is 0 Å². The number of thioether (sulfide) groups is 1. The molecule has 11 heteroatoms. The summed E-state index contributed by atoms with van der Waals surface area (Å²) in [6.07, 6.45) is 0. The molecule has 1 fully saturated rings. The van der Waals surface area contributed by atoms with Gasteiger partial charge in [-0.15, -0.1) is 0 Å². The summed E-state index contributed by atoms with van der Waals surface area (Å²) in [7, 11) is 0. The van der Waals surface area contributed by atoms with Crippen molar-refractivity contribution in [1.82, 2.24) is 0 Å². The third kappa shape index (κ3) is 3.47. The van der Waals surface area contributed by atoms with E-state index in [4.69, 9.17) is 43.4 Å². The Balaban J connectivity index is 3.94. The molecule has 1 aliphatic rings. The standard InChI is InChI=1S/C16H20O8S3/c1-5-21-9(17)15(10(18)22-6-2)13(25)27-14(26)16(15,11(19)23-7-3)12(20)24-8-4/h5-8H2,1-4H3. The van der Waals surface area contributed by atoms with E-state index in [9.17, 15) is 19.2 Å². The van der Waals surface area contributed by atoms with Gasteiger partial charge in [-0.05, 0) is 27.7 Å². The van der Waals surface area contributed by atoms with Crippen molar-refractivity contribution < 1.29 is 38.1 Å². The van der Waals surface area contributed by atoms with Gasteiger partial charge in [0, 0.05) is 0 Å². The minimum atomic E-state index is -2.62. The lowest BCUT2D eigenvalue weighted by molar-refractivity contribution is -0.188. The summed E-state index contributed by atoms with van der Waals surface area (Å²) < 4.78 is 19.4. The van der Waals surface area contributed by atoms with E-state index in [0.29, 0.717) is 11.8 Å².